The van der Waals surface area contributed by atoms with Gasteiger partial charge in [0.2, 0.25) is 0 Å². The van der Waals surface area contributed by atoms with Crippen molar-refractivity contribution in [3.05, 3.63) is 46.2 Å². The standard InChI is InChI=1S/C12H7N3OS/c16-11-10-9(14-12-15(11)5-6-17-12)7-3-1-2-4-8(7)13-10/h1-6,13H. The van der Waals surface area contributed by atoms with Gasteiger partial charge in [-0.25, -0.2) is 4.98 Å². The summed E-state index contributed by atoms with van der Waals surface area (Å²) < 4.78 is 1.57. The van der Waals surface area contributed by atoms with Crippen LogP contribution < -0.4 is 5.56 Å². The predicted molar refractivity (Wildman–Crippen MR) is 68.7 cm³/mol. The lowest BCUT2D eigenvalue weighted by atomic mass is 10.2. The minimum Gasteiger partial charge on any atom is -0.349 e. The third-order valence-corrected chi connectivity index (χ3v) is 3.66. The highest BCUT2D eigenvalue weighted by Gasteiger charge is 2.11. The lowest BCUT2D eigenvalue weighted by Crippen LogP contribution is -2.12. The molecule has 0 radical (unpaired) electrons. The number of aromatic amines is 1. The van der Waals surface area contributed by atoms with Gasteiger partial charge < -0.3 is 4.98 Å². The molecular formula is C12H7N3OS. The van der Waals surface area contributed by atoms with Gasteiger partial charge in [0.15, 0.2) is 4.96 Å². The Balaban J connectivity index is 2.41. The predicted octanol–water partition coefficient (Wildman–Crippen LogP) is 2.39. The molecule has 4 nitrogen and oxygen atoms in total. The number of fused-ring (bicyclic) bond motifs is 4. The van der Waals surface area contributed by atoms with Gasteiger partial charge >= 0.3 is 0 Å². The van der Waals surface area contributed by atoms with Crippen molar-refractivity contribution in [2.45, 2.75) is 0 Å². The van der Waals surface area contributed by atoms with E-state index in [9.17, 15) is 4.79 Å². The summed E-state index contributed by atoms with van der Waals surface area (Å²) >= 11 is 1.47. The van der Waals surface area contributed by atoms with Crippen LogP contribution in [-0.2, 0) is 0 Å². The normalized spacial score (nSPS) is 11.8. The molecule has 4 aromatic rings. The van der Waals surface area contributed by atoms with Gasteiger partial charge in [0, 0.05) is 22.5 Å². The molecule has 0 amide bonds. The van der Waals surface area contributed by atoms with E-state index in [1.165, 1.54) is 11.3 Å². The number of rotatable bonds is 0. The molecule has 3 aromatic heterocycles. The van der Waals surface area contributed by atoms with Crippen molar-refractivity contribution in [2.75, 3.05) is 0 Å². The van der Waals surface area contributed by atoms with Crippen LogP contribution in [-0.4, -0.2) is 14.4 Å². The number of para-hydroxylation sites is 1. The van der Waals surface area contributed by atoms with Crippen molar-refractivity contribution in [3.8, 4) is 0 Å². The zero-order chi connectivity index (χ0) is 11.4. The number of benzene rings is 1. The summed E-state index contributed by atoms with van der Waals surface area (Å²) in [5.41, 5.74) is 2.24. The number of H-pyrrole nitrogens is 1. The number of hydrogen-bond acceptors (Lipinski definition) is 3. The number of aromatic nitrogens is 3. The summed E-state index contributed by atoms with van der Waals surface area (Å²) in [5.74, 6) is 0. The molecule has 0 saturated carbocycles. The van der Waals surface area contributed by atoms with Crippen molar-refractivity contribution in [1.29, 1.82) is 0 Å². The first-order chi connectivity index (χ1) is 8.34. The van der Waals surface area contributed by atoms with Gasteiger partial charge in [0.05, 0.1) is 0 Å². The van der Waals surface area contributed by atoms with E-state index in [1.807, 2.05) is 29.6 Å². The molecule has 0 spiro atoms. The van der Waals surface area contributed by atoms with Gasteiger partial charge in [-0.15, -0.1) is 11.3 Å². The Morgan fingerprint density at radius 3 is 3.12 bits per heavy atom. The highest BCUT2D eigenvalue weighted by molar-refractivity contribution is 7.15. The highest BCUT2D eigenvalue weighted by atomic mass is 32.1. The summed E-state index contributed by atoms with van der Waals surface area (Å²) in [7, 11) is 0. The average molecular weight is 241 g/mol. The van der Waals surface area contributed by atoms with E-state index in [-0.39, 0.29) is 5.56 Å². The number of nitrogens with one attached hydrogen (secondary N) is 1. The molecule has 4 rings (SSSR count). The fourth-order valence-corrected chi connectivity index (χ4v) is 2.83. The second kappa shape index (κ2) is 2.95. The van der Waals surface area contributed by atoms with Crippen LogP contribution in [0.2, 0.25) is 0 Å². The van der Waals surface area contributed by atoms with Crippen LogP contribution in [0.25, 0.3) is 26.9 Å². The Morgan fingerprint density at radius 1 is 1.29 bits per heavy atom. The summed E-state index contributed by atoms with van der Waals surface area (Å²) in [5, 5.41) is 2.86. The molecule has 0 atom stereocenters. The van der Waals surface area contributed by atoms with Gasteiger partial charge in [-0.2, -0.15) is 0 Å². The van der Waals surface area contributed by atoms with Gasteiger partial charge in [-0.3, -0.25) is 9.20 Å². The molecule has 0 bridgehead atoms. The zero-order valence-electron chi connectivity index (χ0n) is 8.68. The quantitative estimate of drug-likeness (QED) is 0.514. The van der Waals surface area contributed by atoms with Crippen LogP contribution in [0, 0.1) is 0 Å². The fraction of sp³-hybridized carbons (Fsp3) is 0. The monoisotopic (exact) mass is 241 g/mol. The molecule has 17 heavy (non-hydrogen) atoms. The Kier molecular flexibility index (Phi) is 1.55. The maximum atomic E-state index is 12.2. The van der Waals surface area contributed by atoms with Crippen molar-refractivity contribution in [1.82, 2.24) is 14.4 Å². The highest BCUT2D eigenvalue weighted by Crippen LogP contribution is 2.22. The van der Waals surface area contributed by atoms with Gasteiger partial charge in [0.25, 0.3) is 5.56 Å². The van der Waals surface area contributed by atoms with Crippen molar-refractivity contribution >= 4 is 38.2 Å². The SMILES string of the molecule is O=c1c2[nH]c3ccccc3c2nc2sccn12. The first kappa shape index (κ1) is 8.95. The smallest absolute Gasteiger partial charge is 0.282 e. The molecule has 1 aromatic carbocycles. The molecule has 3 heterocycles. The largest absolute Gasteiger partial charge is 0.349 e. The summed E-state index contributed by atoms with van der Waals surface area (Å²) in [6.07, 6.45) is 1.75. The number of hydrogen-bond donors (Lipinski definition) is 1. The Labute approximate surface area is 99.2 Å². The second-order valence-corrected chi connectivity index (χ2v) is 4.74. The molecule has 0 saturated heterocycles. The molecular weight excluding hydrogens is 234 g/mol. The van der Waals surface area contributed by atoms with Crippen LogP contribution in [0.5, 0.6) is 0 Å². The molecule has 82 valence electrons. The summed E-state index contributed by atoms with van der Waals surface area (Å²) in [6, 6.07) is 7.82. The molecule has 1 N–H and O–H groups in total. The van der Waals surface area contributed by atoms with E-state index < -0.39 is 0 Å². The fourth-order valence-electron chi connectivity index (χ4n) is 2.12. The van der Waals surface area contributed by atoms with Crippen molar-refractivity contribution in [2.24, 2.45) is 0 Å². The Morgan fingerprint density at radius 2 is 2.18 bits per heavy atom. The molecule has 0 fully saturated rings. The third-order valence-electron chi connectivity index (χ3n) is 2.91. The lowest BCUT2D eigenvalue weighted by molar-refractivity contribution is 1.11. The van der Waals surface area contributed by atoms with Crippen LogP contribution in [0.1, 0.15) is 0 Å². The van der Waals surface area contributed by atoms with Gasteiger partial charge in [-0.1, -0.05) is 18.2 Å². The van der Waals surface area contributed by atoms with E-state index in [1.54, 1.807) is 10.6 Å². The number of thiazole rings is 1. The van der Waals surface area contributed by atoms with E-state index in [0.717, 1.165) is 21.4 Å². The van der Waals surface area contributed by atoms with Crippen LogP contribution >= 0.6 is 11.3 Å². The minimum atomic E-state index is -0.0394. The van der Waals surface area contributed by atoms with Gasteiger partial charge in [-0.05, 0) is 6.07 Å². The van der Waals surface area contributed by atoms with Crippen LogP contribution in [0.15, 0.2) is 40.6 Å². The van der Waals surface area contributed by atoms with E-state index in [4.69, 9.17) is 0 Å². The summed E-state index contributed by atoms with van der Waals surface area (Å²) in [4.78, 5) is 20.6. The molecule has 5 heteroatoms. The van der Waals surface area contributed by atoms with Gasteiger partial charge in [0.1, 0.15) is 11.0 Å². The molecule has 0 unspecified atom stereocenters. The molecule has 0 aliphatic heterocycles. The van der Waals surface area contributed by atoms with E-state index in [2.05, 4.69) is 9.97 Å². The second-order valence-electron chi connectivity index (χ2n) is 3.87. The topological polar surface area (TPSA) is 50.2 Å². The molecule has 0 aliphatic rings. The molecule has 0 aliphatic carbocycles. The Bertz CT molecular complexity index is 916. The van der Waals surface area contributed by atoms with Crippen LogP contribution in [0.4, 0.5) is 0 Å². The Hall–Kier alpha value is -2.14. The maximum Gasteiger partial charge on any atom is 0.282 e. The van der Waals surface area contributed by atoms with Crippen molar-refractivity contribution < 1.29 is 0 Å². The van der Waals surface area contributed by atoms with E-state index in [0.29, 0.717) is 5.52 Å². The first-order valence-electron chi connectivity index (χ1n) is 5.21. The first-order valence-corrected chi connectivity index (χ1v) is 6.09. The maximum absolute atomic E-state index is 12.2. The lowest BCUT2D eigenvalue weighted by Gasteiger charge is -1.92. The average Bonchev–Trinajstić information content (AvgIpc) is 2.94. The minimum absolute atomic E-state index is 0.0394. The van der Waals surface area contributed by atoms with E-state index >= 15 is 0 Å². The zero-order valence-corrected chi connectivity index (χ0v) is 9.49. The van der Waals surface area contributed by atoms with Crippen molar-refractivity contribution in [3.63, 3.8) is 0 Å². The number of nitrogens with zero attached hydrogens (tertiary/aromatic N) is 2. The van der Waals surface area contributed by atoms with Crippen LogP contribution in [0.3, 0.4) is 0 Å². The summed E-state index contributed by atoms with van der Waals surface area (Å²) in [6.45, 7) is 0. The third kappa shape index (κ3) is 1.06.